The third-order valence-electron chi connectivity index (χ3n) is 4.63. The van der Waals surface area contributed by atoms with E-state index in [0.717, 1.165) is 25.0 Å². The zero-order valence-electron chi connectivity index (χ0n) is 17.6. The average molecular weight is 477 g/mol. The van der Waals surface area contributed by atoms with E-state index in [1.165, 1.54) is 36.4 Å². The van der Waals surface area contributed by atoms with Crippen LogP contribution in [0, 0.1) is 11.6 Å². The molecule has 0 amide bonds. The van der Waals surface area contributed by atoms with Gasteiger partial charge in [-0.3, -0.25) is 4.79 Å². The molecule has 0 bridgehead atoms. The van der Waals surface area contributed by atoms with Gasteiger partial charge in [0.25, 0.3) is 0 Å². The number of nitrogen functional groups attached to an aromatic ring is 1. The Balaban J connectivity index is 1.80. The quantitative estimate of drug-likeness (QED) is 0.316. The van der Waals surface area contributed by atoms with Crippen molar-refractivity contribution in [2.45, 2.75) is 24.7 Å². The molecule has 0 aliphatic carbocycles. The van der Waals surface area contributed by atoms with Gasteiger partial charge in [-0.05, 0) is 42.8 Å². The van der Waals surface area contributed by atoms with Gasteiger partial charge < -0.3 is 15.8 Å². The summed E-state index contributed by atoms with van der Waals surface area (Å²) in [5, 5.41) is 7.94. The van der Waals surface area contributed by atoms with Crippen molar-refractivity contribution in [3.8, 4) is 5.75 Å². The number of nitrogens with zero attached hydrogens (tertiary/aromatic N) is 1. The first-order valence-corrected chi connectivity index (χ1v) is 11.5. The second kappa shape index (κ2) is 9.92. The first kappa shape index (κ1) is 24.1. The molecule has 0 unspecified atom stereocenters. The van der Waals surface area contributed by atoms with Gasteiger partial charge in [0.05, 0.1) is 22.6 Å². The van der Waals surface area contributed by atoms with Gasteiger partial charge in [-0.15, -0.1) is 0 Å². The number of benzene rings is 2. The van der Waals surface area contributed by atoms with Gasteiger partial charge >= 0.3 is 0 Å². The Kier molecular flexibility index (Phi) is 7.24. The van der Waals surface area contributed by atoms with Crippen LogP contribution in [0.4, 0.5) is 26.1 Å². The van der Waals surface area contributed by atoms with E-state index in [1.807, 2.05) is 6.92 Å². The number of halogens is 2. The fourth-order valence-corrected chi connectivity index (χ4v) is 3.45. The van der Waals surface area contributed by atoms with Crippen LogP contribution in [0.5, 0.6) is 5.75 Å². The molecule has 0 fully saturated rings. The predicted molar refractivity (Wildman–Crippen MR) is 120 cm³/mol. The summed E-state index contributed by atoms with van der Waals surface area (Å²) < 4.78 is 57.0. The second-order valence-corrected chi connectivity index (χ2v) is 8.68. The van der Waals surface area contributed by atoms with Crippen LogP contribution >= 0.6 is 0 Å². The Hall–Kier alpha value is -3.57. The molecule has 0 spiro atoms. The van der Waals surface area contributed by atoms with E-state index < -0.39 is 33.0 Å². The zero-order valence-corrected chi connectivity index (χ0v) is 18.5. The van der Waals surface area contributed by atoms with Crippen molar-refractivity contribution in [3.05, 3.63) is 71.3 Å². The summed E-state index contributed by atoms with van der Waals surface area (Å²) in [6.45, 7) is 2.26. The second-order valence-electron chi connectivity index (χ2n) is 7.12. The van der Waals surface area contributed by atoms with E-state index in [-0.39, 0.29) is 27.8 Å². The number of carbonyl (C=O) groups is 1. The van der Waals surface area contributed by atoms with Crippen molar-refractivity contribution >= 4 is 33.1 Å². The Morgan fingerprint density at radius 3 is 2.27 bits per heavy atom. The van der Waals surface area contributed by atoms with Crippen LogP contribution in [-0.4, -0.2) is 25.8 Å². The average Bonchev–Trinajstić information content (AvgIpc) is 2.73. The molecule has 3 rings (SSSR count). The Morgan fingerprint density at radius 2 is 1.73 bits per heavy atom. The summed E-state index contributed by atoms with van der Waals surface area (Å²) >= 11 is 0. The number of carbonyl (C=O) groups excluding carboxylic acids is 1. The van der Waals surface area contributed by atoms with Gasteiger partial charge in [0.15, 0.2) is 0 Å². The summed E-state index contributed by atoms with van der Waals surface area (Å²) in [7, 11) is -3.83. The minimum absolute atomic E-state index is 0.00546. The number of ketones is 1. The van der Waals surface area contributed by atoms with Crippen LogP contribution in [0.25, 0.3) is 0 Å². The molecule has 11 heteroatoms. The van der Waals surface area contributed by atoms with E-state index in [1.54, 1.807) is 0 Å². The molecule has 1 heterocycles. The highest BCUT2D eigenvalue weighted by Gasteiger charge is 2.23. The summed E-state index contributed by atoms with van der Waals surface area (Å²) in [4.78, 5) is 16.7. The van der Waals surface area contributed by atoms with Crippen LogP contribution < -0.4 is 20.9 Å². The maximum absolute atomic E-state index is 14.5. The number of rotatable bonds is 9. The molecule has 0 atom stereocenters. The lowest BCUT2D eigenvalue weighted by atomic mass is 10.0. The largest absolute Gasteiger partial charge is 0.493 e. The molecule has 8 nitrogen and oxygen atoms in total. The number of aromatic nitrogens is 1. The normalized spacial score (nSPS) is 11.3. The summed E-state index contributed by atoms with van der Waals surface area (Å²) in [6.07, 6.45) is 1.59. The number of unbranched alkanes of at least 4 members (excludes halogenated alkanes) is 1. The maximum Gasteiger partial charge on any atom is 0.238 e. The number of ether oxygens (including phenoxy) is 1. The number of hydrogen-bond donors (Lipinski definition) is 3. The van der Waals surface area contributed by atoms with Crippen molar-refractivity contribution in [2.75, 3.05) is 17.7 Å². The SMILES string of the molecule is CCCCOc1cc(F)c(C(=O)c2ccc(Nc3ccc(S(N)(=O)=O)cc3)nc2N)c(F)c1. The molecule has 0 radical (unpaired) electrons. The van der Waals surface area contributed by atoms with Crippen LogP contribution in [0.3, 0.4) is 0 Å². The molecular formula is C22H22F2N4O4S. The van der Waals surface area contributed by atoms with Crippen molar-refractivity contribution in [1.82, 2.24) is 4.98 Å². The zero-order chi connectivity index (χ0) is 24.2. The number of primary sulfonamides is 1. The Labute approximate surface area is 189 Å². The van der Waals surface area contributed by atoms with Crippen molar-refractivity contribution in [1.29, 1.82) is 0 Å². The van der Waals surface area contributed by atoms with Crippen LogP contribution in [0.1, 0.15) is 35.7 Å². The molecule has 1 aromatic heterocycles. The predicted octanol–water partition coefficient (Wildman–Crippen LogP) is 3.74. The number of pyridine rings is 1. The van der Waals surface area contributed by atoms with Crippen LogP contribution in [-0.2, 0) is 10.0 Å². The molecule has 2 aromatic carbocycles. The van der Waals surface area contributed by atoms with Gasteiger partial charge in [-0.25, -0.2) is 27.3 Å². The standard InChI is InChI=1S/C22H22F2N4O4S/c1-2-3-10-32-14-11-17(23)20(18(24)12-14)21(29)16-8-9-19(28-22(16)25)27-13-4-6-15(7-5-13)33(26,30)31/h4-9,11-12H,2-3,10H2,1H3,(H3,25,27,28)(H2,26,30,31). The molecule has 33 heavy (non-hydrogen) atoms. The van der Waals surface area contributed by atoms with Crippen molar-refractivity contribution in [3.63, 3.8) is 0 Å². The fourth-order valence-electron chi connectivity index (χ4n) is 2.93. The first-order valence-electron chi connectivity index (χ1n) is 9.93. The Morgan fingerprint density at radius 1 is 1.09 bits per heavy atom. The van der Waals surface area contributed by atoms with Gasteiger partial charge in [-0.1, -0.05) is 13.3 Å². The minimum atomic E-state index is -3.83. The van der Waals surface area contributed by atoms with E-state index in [0.29, 0.717) is 12.3 Å². The van der Waals surface area contributed by atoms with Gasteiger partial charge in [-0.2, -0.15) is 0 Å². The van der Waals surface area contributed by atoms with E-state index in [2.05, 4.69) is 10.3 Å². The lowest BCUT2D eigenvalue weighted by molar-refractivity contribution is 0.103. The topological polar surface area (TPSA) is 137 Å². The minimum Gasteiger partial charge on any atom is -0.493 e. The smallest absolute Gasteiger partial charge is 0.238 e. The van der Waals surface area contributed by atoms with Gasteiger partial charge in [0.1, 0.15) is 29.0 Å². The number of anilines is 3. The first-order chi connectivity index (χ1) is 15.6. The van der Waals surface area contributed by atoms with E-state index >= 15 is 0 Å². The van der Waals surface area contributed by atoms with E-state index in [4.69, 9.17) is 15.6 Å². The molecule has 0 saturated carbocycles. The molecular weight excluding hydrogens is 454 g/mol. The molecule has 0 aliphatic heterocycles. The highest BCUT2D eigenvalue weighted by atomic mass is 32.2. The highest BCUT2D eigenvalue weighted by molar-refractivity contribution is 7.89. The number of nitrogens with one attached hydrogen (secondary N) is 1. The molecule has 5 N–H and O–H groups in total. The molecule has 0 aliphatic rings. The van der Waals surface area contributed by atoms with E-state index in [9.17, 15) is 22.0 Å². The maximum atomic E-state index is 14.5. The number of sulfonamides is 1. The molecule has 3 aromatic rings. The third kappa shape index (κ3) is 5.82. The van der Waals surface area contributed by atoms with Crippen LogP contribution in [0.2, 0.25) is 0 Å². The number of hydrogen-bond acceptors (Lipinski definition) is 7. The summed E-state index contributed by atoms with van der Waals surface area (Å²) in [6, 6.07) is 10.1. The van der Waals surface area contributed by atoms with Gasteiger partial charge in [0, 0.05) is 17.8 Å². The fraction of sp³-hybridized carbons (Fsp3) is 0.182. The van der Waals surface area contributed by atoms with Crippen molar-refractivity contribution < 1.29 is 26.7 Å². The monoisotopic (exact) mass is 476 g/mol. The molecule has 0 saturated heterocycles. The summed E-state index contributed by atoms with van der Waals surface area (Å²) in [5.74, 6) is -3.11. The Bertz CT molecular complexity index is 1260. The van der Waals surface area contributed by atoms with Gasteiger partial charge in [0.2, 0.25) is 15.8 Å². The molecule has 174 valence electrons. The lowest BCUT2D eigenvalue weighted by Crippen LogP contribution is -2.12. The summed E-state index contributed by atoms with van der Waals surface area (Å²) in [5.41, 5.74) is 5.41. The lowest BCUT2D eigenvalue weighted by Gasteiger charge is -2.11. The van der Waals surface area contributed by atoms with Crippen LogP contribution in [0.15, 0.2) is 53.4 Å². The highest BCUT2D eigenvalue weighted by Crippen LogP contribution is 2.26. The number of nitrogens with two attached hydrogens (primary N) is 2. The third-order valence-corrected chi connectivity index (χ3v) is 5.56. The van der Waals surface area contributed by atoms with Crippen molar-refractivity contribution in [2.24, 2.45) is 5.14 Å².